The molecular weight excluding hydrogens is 256 g/mol. The highest BCUT2D eigenvalue weighted by molar-refractivity contribution is 5.86. The van der Waals surface area contributed by atoms with Gasteiger partial charge < -0.3 is 15.7 Å². The van der Waals surface area contributed by atoms with Crippen molar-refractivity contribution in [3.8, 4) is 0 Å². The lowest BCUT2D eigenvalue weighted by molar-refractivity contribution is -0.148. The van der Waals surface area contributed by atoms with Crippen molar-refractivity contribution in [2.24, 2.45) is 5.73 Å². The average molecular weight is 284 g/mol. The van der Waals surface area contributed by atoms with Crippen LogP contribution in [0.3, 0.4) is 0 Å². The lowest BCUT2D eigenvalue weighted by atomic mass is 9.77. The number of nitrogens with two attached hydrogens (primary N) is 1. The molecule has 0 bridgehead atoms. The van der Waals surface area contributed by atoms with Gasteiger partial charge in [-0.05, 0) is 26.2 Å². The first-order valence-electron chi connectivity index (χ1n) is 7.54. The van der Waals surface area contributed by atoms with Gasteiger partial charge in [0.2, 0.25) is 5.91 Å². The van der Waals surface area contributed by atoms with Gasteiger partial charge in [0.05, 0.1) is 17.5 Å². The molecule has 1 aliphatic rings. The van der Waals surface area contributed by atoms with Crippen molar-refractivity contribution in [3.05, 3.63) is 0 Å². The third kappa shape index (κ3) is 3.72. The number of nitrogens with zero attached hydrogens (tertiary/aromatic N) is 1. The molecule has 1 saturated carbocycles. The van der Waals surface area contributed by atoms with Crippen LogP contribution in [0.5, 0.6) is 0 Å². The van der Waals surface area contributed by atoms with Crippen LogP contribution in [0, 0.1) is 0 Å². The highest BCUT2D eigenvalue weighted by Crippen LogP contribution is 2.37. The number of hydrogen-bond donors (Lipinski definition) is 2. The molecule has 1 unspecified atom stereocenters. The molecule has 1 rings (SSSR count). The van der Waals surface area contributed by atoms with Gasteiger partial charge in [-0.15, -0.1) is 0 Å². The van der Waals surface area contributed by atoms with Gasteiger partial charge in [0.1, 0.15) is 0 Å². The van der Waals surface area contributed by atoms with Gasteiger partial charge in [-0.25, -0.2) is 0 Å². The summed E-state index contributed by atoms with van der Waals surface area (Å²) in [5.74, 6) is -0.983. The molecule has 1 fully saturated rings. The van der Waals surface area contributed by atoms with Crippen LogP contribution in [0.15, 0.2) is 0 Å². The van der Waals surface area contributed by atoms with E-state index in [1.807, 2.05) is 6.92 Å². The Kier molecular flexibility index (Phi) is 5.57. The molecule has 0 aromatic carbocycles. The largest absolute Gasteiger partial charge is 0.481 e. The van der Waals surface area contributed by atoms with Crippen LogP contribution < -0.4 is 5.73 Å². The Balaban J connectivity index is 2.95. The Morgan fingerprint density at radius 1 is 1.30 bits per heavy atom. The fraction of sp³-hybridized carbons (Fsp3) is 0.867. The lowest BCUT2D eigenvalue weighted by Crippen LogP contribution is -2.60. The average Bonchev–Trinajstić information content (AvgIpc) is 2.37. The predicted octanol–water partition coefficient (Wildman–Crippen LogP) is 2.14. The quantitative estimate of drug-likeness (QED) is 0.782. The zero-order valence-electron chi connectivity index (χ0n) is 12.9. The number of aliphatic carboxylic acids is 1. The van der Waals surface area contributed by atoms with E-state index in [0.717, 1.165) is 38.5 Å². The molecule has 0 spiro atoms. The van der Waals surface area contributed by atoms with Crippen LogP contribution in [-0.4, -0.2) is 40.0 Å². The molecule has 0 heterocycles. The molecule has 0 aromatic rings. The first-order chi connectivity index (χ1) is 9.25. The minimum Gasteiger partial charge on any atom is -0.481 e. The van der Waals surface area contributed by atoms with Gasteiger partial charge in [-0.1, -0.05) is 32.6 Å². The van der Waals surface area contributed by atoms with E-state index in [1.54, 1.807) is 18.9 Å². The van der Waals surface area contributed by atoms with Gasteiger partial charge in [-0.3, -0.25) is 9.59 Å². The summed E-state index contributed by atoms with van der Waals surface area (Å²) in [7, 11) is 1.72. The minimum absolute atomic E-state index is 0.0114. The summed E-state index contributed by atoms with van der Waals surface area (Å²) in [6.45, 7) is 3.73. The zero-order valence-corrected chi connectivity index (χ0v) is 12.9. The van der Waals surface area contributed by atoms with Gasteiger partial charge in [0.15, 0.2) is 0 Å². The minimum atomic E-state index is -0.910. The van der Waals surface area contributed by atoms with Crippen LogP contribution in [0.25, 0.3) is 0 Å². The van der Waals surface area contributed by atoms with Gasteiger partial charge in [-0.2, -0.15) is 0 Å². The second-order valence-corrected chi connectivity index (χ2v) is 6.39. The molecule has 20 heavy (non-hydrogen) atoms. The molecule has 0 saturated heterocycles. The Hall–Kier alpha value is -1.10. The molecule has 116 valence electrons. The van der Waals surface area contributed by atoms with E-state index in [0.29, 0.717) is 6.42 Å². The van der Waals surface area contributed by atoms with Gasteiger partial charge in [0.25, 0.3) is 0 Å². The second-order valence-electron chi connectivity index (χ2n) is 6.39. The molecule has 5 heteroatoms. The Bertz CT molecular complexity index is 360. The normalized spacial score (nSPS) is 21.0. The number of carbonyl (C=O) groups excluding carboxylic acids is 1. The van der Waals surface area contributed by atoms with E-state index in [4.69, 9.17) is 5.73 Å². The first-order valence-corrected chi connectivity index (χ1v) is 7.54. The smallest absolute Gasteiger partial charge is 0.305 e. The van der Waals surface area contributed by atoms with E-state index in [9.17, 15) is 14.7 Å². The lowest BCUT2D eigenvalue weighted by Gasteiger charge is -2.46. The Morgan fingerprint density at radius 3 is 2.30 bits per heavy atom. The SMILES string of the molecule is CCCC(C)(N)C(=O)N(C)C1(CC(=O)O)CCCCC1. The second kappa shape index (κ2) is 6.57. The topological polar surface area (TPSA) is 83.6 Å². The third-order valence-corrected chi connectivity index (χ3v) is 4.54. The molecule has 0 aromatic heterocycles. The van der Waals surface area contributed by atoms with Crippen molar-refractivity contribution in [2.45, 2.75) is 76.3 Å². The maximum absolute atomic E-state index is 12.6. The van der Waals surface area contributed by atoms with Crippen LogP contribution >= 0.6 is 0 Å². The van der Waals surface area contributed by atoms with Crippen LogP contribution in [0.2, 0.25) is 0 Å². The van der Waals surface area contributed by atoms with Crippen LogP contribution in [0.1, 0.15) is 65.2 Å². The summed E-state index contributed by atoms with van der Waals surface area (Å²) in [5.41, 5.74) is 4.66. The molecule has 1 aliphatic carbocycles. The summed E-state index contributed by atoms with van der Waals surface area (Å²) in [5, 5.41) is 9.20. The van der Waals surface area contributed by atoms with E-state index >= 15 is 0 Å². The summed E-state index contributed by atoms with van der Waals surface area (Å²) >= 11 is 0. The van der Waals surface area contributed by atoms with Crippen molar-refractivity contribution in [1.29, 1.82) is 0 Å². The Labute approximate surface area is 121 Å². The summed E-state index contributed by atoms with van der Waals surface area (Å²) < 4.78 is 0. The standard InChI is InChI=1S/C15H28N2O3/c1-4-8-14(2,16)13(20)17(3)15(11-12(18)19)9-6-5-7-10-15/h4-11,16H2,1-3H3,(H,18,19). The monoisotopic (exact) mass is 284 g/mol. The van der Waals surface area contributed by atoms with Crippen molar-refractivity contribution < 1.29 is 14.7 Å². The molecule has 1 amide bonds. The van der Waals surface area contributed by atoms with Crippen LogP contribution in [0.4, 0.5) is 0 Å². The number of rotatable bonds is 6. The number of carboxylic acids is 1. The molecular formula is C15H28N2O3. The van der Waals surface area contributed by atoms with E-state index in [1.165, 1.54) is 0 Å². The van der Waals surface area contributed by atoms with E-state index in [2.05, 4.69) is 0 Å². The van der Waals surface area contributed by atoms with Crippen LogP contribution in [-0.2, 0) is 9.59 Å². The Morgan fingerprint density at radius 2 is 1.85 bits per heavy atom. The molecule has 0 aliphatic heterocycles. The predicted molar refractivity (Wildman–Crippen MR) is 78.3 cm³/mol. The van der Waals surface area contributed by atoms with Crippen molar-refractivity contribution in [3.63, 3.8) is 0 Å². The summed E-state index contributed by atoms with van der Waals surface area (Å²) in [6, 6.07) is 0. The molecule has 0 radical (unpaired) electrons. The van der Waals surface area contributed by atoms with Crippen molar-refractivity contribution in [2.75, 3.05) is 7.05 Å². The van der Waals surface area contributed by atoms with E-state index < -0.39 is 17.0 Å². The molecule has 5 nitrogen and oxygen atoms in total. The maximum atomic E-state index is 12.6. The zero-order chi connectivity index (χ0) is 15.4. The summed E-state index contributed by atoms with van der Waals surface area (Å²) in [6.07, 6.45) is 6.01. The highest BCUT2D eigenvalue weighted by Gasteiger charge is 2.44. The van der Waals surface area contributed by atoms with Gasteiger partial charge in [0, 0.05) is 7.05 Å². The number of carbonyl (C=O) groups is 2. The third-order valence-electron chi connectivity index (χ3n) is 4.54. The van der Waals surface area contributed by atoms with Crippen molar-refractivity contribution >= 4 is 11.9 Å². The highest BCUT2D eigenvalue weighted by atomic mass is 16.4. The number of likely N-dealkylation sites (N-methyl/N-ethyl adjacent to an activating group) is 1. The van der Waals surface area contributed by atoms with E-state index in [-0.39, 0.29) is 12.3 Å². The molecule has 3 N–H and O–H groups in total. The summed E-state index contributed by atoms with van der Waals surface area (Å²) in [4.78, 5) is 25.5. The maximum Gasteiger partial charge on any atom is 0.305 e. The number of carboxylic acid groups (broad SMARTS) is 1. The first kappa shape index (κ1) is 17.0. The fourth-order valence-electron chi connectivity index (χ4n) is 3.35. The number of amides is 1. The number of hydrogen-bond acceptors (Lipinski definition) is 3. The fourth-order valence-corrected chi connectivity index (χ4v) is 3.35. The molecule has 1 atom stereocenters. The van der Waals surface area contributed by atoms with Gasteiger partial charge >= 0.3 is 5.97 Å². The van der Waals surface area contributed by atoms with Crippen molar-refractivity contribution in [1.82, 2.24) is 4.90 Å².